The first kappa shape index (κ1) is 61.7. The second-order valence-corrected chi connectivity index (χ2v) is 20.3. The van der Waals surface area contributed by atoms with Crippen molar-refractivity contribution in [1.29, 1.82) is 0 Å². The molecule has 0 fully saturated rings. The lowest BCUT2D eigenvalue weighted by atomic mass is 10.2. The summed E-state index contributed by atoms with van der Waals surface area (Å²) in [7, 11) is 0. The summed E-state index contributed by atoms with van der Waals surface area (Å²) in [6.45, 7) is 0. The number of H-pyrrole nitrogens is 1. The Morgan fingerprint density at radius 2 is 0.412 bits per heavy atom. The summed E-state index contributed by atoms with van der Waals surface area (Å²) >= 11 is -11.9. The van der Waals surface area contributed by atoms with Gasteiger partial charge in [0.05, 0.1) is 0 Å². The van der Waals surface area contributed by atoms with E-state index >= 15 is 0 Å². The Labute approximate surface area is 428 Å². The molecular weight excluding hydrogens is 1210 g/mol. The number of benzene rings is 7. The molecule has 0 aliphatic rings. The van der Waals surface area contributed by atoms with E-state index in [-0.39, 0.29) is 5.75 Å². The van der Waals surface area contributed by atoms with Gasteiger partial charge < -0.3 is 5.11 Å². The monoisotopic (exact) mass is 1220 g/mol. The fourth-order valence-electron chi connectivity index (χ4n) is 7.08. The molecule has 7 aromatic carbocycles. The van der Waals surface area contributed by atoms with Crippen LogP contribution in [0.4, 0.5) is 132 Å². The van der Waals surface area contributed by atoms with Crippen LogP contribution >= 0.6 is 0 Å². The quantitative estimate of drug-likeness (QED) is 0.0751. The molecule has 0 unspecified atom stereocenters. The minimum Gasteiger partial charge on any atom is -0.872 e. The first-order valence-electron chi connectivity index (χ1n) is 19.9. The molecule has 1 aromatic heterocycles. The van der Waals surface area contributed by atoms with Gasteiger partial charge in [0.15, 0.2) is 180 Å². The van der Waals surface area contributed by atoms with E-state index in [0.29, 0.717) is 5.82 Å². The molecule has 0 saturated carbocycles. The second-order valence-electron chi connectivity index (χ2n) is 15.1. The number of halogens is 30. The molecule has 1 N–H and O–H groups in total. The van der Waals surface area contributed by atoms with Crippen molar-refractivity contribution >= 4 is 54.8 Å². The van der Waals surface area contributed by atoms with E-state index in [0.717, 1.165) is 5.56 Å². The number of aromatic nitrogens is 3. The van der Waals surface area contributed by atoms with Gasteiger partial charge in [-0.2, -0.15) is 5.10 Å². The number of nitrogens with zero attached hydrogens (tertiary/aromatic N) is 2. The van der Waals surface area contributed by atoms with E-state index < -0.39 is 229 Å². The topological polar surface area (TPSA) is 64.6 Å². The molecule has 1 heterocycles. The van der Waals surface area contributed by atoms with Crippen molar-refractivity contribution in [2.45, 2.75) is 0 Å². The lowest BCUT2D eigenvalue weighted by Crippen LogP contribution is -2.60. The molecule has 0 aliphatic heterocycles. The molecule has 0 saturated heterocycles. The third-order valence-electron chi connectivity index (χ3n) is 10.7. The van der Waals surface area contributed by atoms with Gasteiger partial charge in [-0.15, -0.1) is 5.75 Å². The highest BCUT2D eigenvalue weighted by Gasteiger charge is 2.49. The fourth-order valence-corrected chi connectivity index (χ4v) is 13.4. The molecule has 0 radical (unpaired) electrons. The zero-order valence-electron chi connectivity index (χ0n) is 36.7. The first-order chi connectivity index (χ1) is 37.2. The van der Waals surface area contributed by atoms with Crippen LogP contribution in [-0.2, 0) is 0 Å². The van der Waals surface area contributed by atoms with Gasteiger partial charge in [-0.3, -0.25) is 5.10 Å². The number of hydrogen-bond acceptors (Lipinski definition) is 3. The summed E-state index contributed by atoms with van der Waals surface area (Å²) in [6, 6.07) is 6.42. The zero-order chi connectivity index (χ0) is 60.3. The summed E-state index contributed by atoms with van der Waals surface area (Å²) < 4.78 is 403. The maximum absolute atomic E-state index is 14.4. The van der Waals surface area contributed by atoms with Gasteiger partial charge in [0.2, 0.25) is 0 Å². The molecule has 0 spiro atoms. The highest BCUT2D eigenvalue weighted by molar-refractivity contribution is 6.96. The molecule has 80 heavy (non-hydrogen) atoms. The number of rotatable bonds is 7. The fraction of sp³-hybridized carbons (Fsp3) is 0. The molecule has 0 aliphatic carbocycles. The SMILES string of the molecule is Fc1c(F)c(F)[c]([Al]([c]2c(F)c(F)c(F)c(F)c2F)[c]2c(F)c(F)c(F)c(F)c2F)c(F)c1F.Fc1c(F)c(F)[c]([Al]([c]2c(F)c(F)c(F)c(F)c2F)[c]2c(F)c(F)c(F)c(F)c2F)c(F)c1F.[O-]c1ccc(-c2ncn[nH]2)cc1. The van der Waals surface area contributed by atoms with Crippen molar-refractivity contribution in [3.8, 4) is 17.1 Å². The van der Waals surface area contributed by atoms with Crippen molar-refractivity contribution in [3.05, 3.63) is 205 Å². The Morgan fingerprint density at radius 3 is 0.562 bits per heavy atom. The smallest absolute Gasteiger partial charge is 0.413 e. The lowest BCUT2D eigenvalue weighted by molar-refractivity contribution is -0.268. The Balaban J connectivity index is 0.000000213. The van der Waals surface area contributed by atoms with Crippen LogP contribution in [0.2, 0.25) is 0 Å². The first-order valence-corrected chi connectivity index (χ1v) is 23.4. The Morgan fingerprint density at radius 1 is 0.250 bits per heavy atom. The normalized spacial score (nSPS) is 11.2. The van der Waals surface area contributed by atoms with Crippen LogP contribution in [0.3, 0.4) is 0 Å². The van der Waals surface area contributed by atoms with Gasteiger partial charge >= 0.3 is 28.3 Å². The Bertz CT molecular complexity index is 3110. The molecule has 8 aromatic rings. The summed E-state index contributed by atoms with van der Waals surface area (Å²) in [5, 5.41) is 17.2. The van der Waals surface area contributed by atoms with Crippen LogP contribution in [0.15, 0.2) is 30.6 Å². The summed E-state index contributed by atoms with van der Waals surface area (Å²) in [5.41, 5.74) is 0.868. The molecule has 0 atom stereocenters. The summed E-state index contributed by atoms with van der Waals surface area (Å²) in [6.07, 6.45) is 1.43. The zero-order valence-corrected chi connectivity index (χ0v) is 39.0. The maximum atomic E-state index is 14.4. The molecule has 36 heteroatoms. The van der Waals surface area contributed by atoms with Crippen molar-refractivity contribution in [3.63, 3.8) is 0 Å². The average Bonchev–Trinajstić information content (AvgIpc) is 3.99. The van der Waals surface area contributed by atoms with Gasteiger partial charge in [0, 0.05) is 5.56 Å². The van der Waals surface area contributed by atoms with Crippen molar-refractivity contribution < 1.29 is 137 Å². The molecule has 0 amide bonds. The van der Waals surface area contributed by atoms with Crippen molar-refractivity contribution in [2.24, 2.45) is 0 Å². The Kier molecular flexibility index (Phi) is 17.9. The van der Waals surface area contributed by atoms with Gasteiger partial charge in [0.1, 0.15) is 6.33 Å². The minimum absolute atomic E-state index is 0.00161. The van der Waals surface area contributed by atoms with Gasteiger partial charge in [-0.25, -0.2) is 137 Å². The molecule has 8 rings (SSSR count). The summed E-state index contributed by atoms with van der Waals surface area (Å²) in [5.74, 6) is -88.5. The van der Waals surface area contributed by atoms with Crippen molar-refractivity contribution in [1.82, 2.24) is 15.2 Å². The van der Waals surface area contributed by atoms with E-state index in [1.165, 1.54) is 18.5 Å². The summed E-state index contributed by atoms with van der Waals surface area (Å²) in [4.78, 5) is 3.95. The van der Waals surface area contributed by atoms with Gasteiger partial charge in [0.25, 0.3) is 0 Å². The van der Waals surface area contributed by atoms with Crippen LogP contribution in [0, 0.1) is 175 Å². The molecular formula is C44H6Al2F30N3O-. The van der Waals surface area contributed by atoms with Crippen LogP contribution in [-0.4, -0.2) is 43.5 Å². The third kappa shape index (κ3) is 10.3. The molecule has 4 nitrogen and oxygen atoms in total. The van der Waals surface area contributed by atoms with E-state index in [2.05, 4.69) is 15.2 Å². The van der Waals surface area contributed by atoms with E-state index in [1.54, 1.807) is 12.1 Å². The third-order valence-corrected chi connectivity index (χ3v) is 17.2. The van der Waals surface area contributed by atoms with E-state index in [1.807, 2.05) is 0 Å². The Hall–Kier alpha value is -7.56. The molecule has 420 valence electrons. The predicted octanol–water partition coefficient (Wildman–Crippen LogP) is 9.12. The number of aromatic amines is 1. The van der Waals surface area contributed by atoms with Crippen LogP contribution in [0.1, 0.15) is 0 Å². The standard InChI is InChI=1S/C8H7N3O.6C6F5.2Al/c12-7-3-1-6(2-4-7)8-9-5-10-11-8;6*7-2-1-3(8)5(10)6(11)4(2)9;;/h1-5,12H,(H,9,10,11);;;;;;;;/p-1. The second kappa shape index (κ2) is 23.3. The predicted molar refractivity (Wildman–Crippen MR) is 208 cm³/mol. The number of hydrogen-bond donors (Lipinski definition) is 1. The van der Waals surface area contributed by atoms with E-state index in [4.69, 9.17) is 0 Å². The van der Waals surface area contributed by atoms with E-state index in [9.17, 15) is 137 Å². The van der Waals surface area contributed by atoms with Gasteiger partial charge in [-0.05, 0) is 26.6 Å². The van der Waals surface area contributed by atoms with Crippen LogP contribution < -0.4 is 31.7 Å². The van der Waals surface area contributed by atoms with Crippen LogP contribution in [0.5, 0.6) is 5.75 Å². The molecule has 0 bridgehead atoms. The lowest BCUT2D eigenvalue weighted by Gasteiger charge is -2.20. The largest absolute Gasteiger partial charge is 0.872 e. The average molecular weight is 1220 g/mol. The van der Waals surface area contributed by atoms with Crippen molar-refractivity contribution in [2.75, 3.05) is 0 Å². The highest BCUT2D eigenvalue weighted by Crippen LogP contribution is 2.27. The maximum Gasteiger partial charge on any atom is 0.413 e. The minimum atomic E-state index is -5.96. The highest BCUT2D eigenvalue weighted by atomic mass is 27.2. The van der Waals surface area contributed by atoms with Crippen LogP contribution in [0.25, 0.3) is 11.4 Å². The van der Waals surface area contributed by atoms with Gasteiger partial charge in [-0.1, -0.05) is 24.3 Å². The number of nitrogens with one attached hydrogen (secondary N) is 1.